The summed E-state index contributed by atoms with van der Waals surface area (Å²) >= 11 is 0. The van der Waals surface area contributed by atoms with Crippen molar-refractivity contribution >= 4 is 5.69 Å². The van der Waals surface area contributed by atoms with Gasteiger partial charge >= 0.3 is 0 Å². The van der Waals surface area contributed by atoms with Crippen LogP contribution in [0.1, 0.15) is 36.6 Å². The highest BCUT2D eigenvalue weighted by Gasteiger charge is 2.10. The largest absolute Gasteiger partial charge is 0.492 e. The molecule has 0 heterocycles. The minimum atomic E-state index is 0.247. The van der Waals surface area contributed by atoms with Crippen molar-refractivity contribution in [2.24, 2.45) is 0 Å². The van der Waals surface area contributed by atoms with Crippen molar-refractivity contribution < 1.29 is 4.74 Å². The van der Waals surface area contributed by atoms with E-state index in [4.69, 9.17) is 4.74 Å². The molecule has 20 heavy (non-hydrogen) atoms. The predicted octanol–water partition coefficient (Wildman–Crippen LogP) is 4.88. The zero-order valence-electron chi connectivity index (χ0n) is 12.7. The summed E-state index contributed by atoms with van der Waals surface area (Å²) in [5, 5.41) is 3.55. The molecular formula is C18H23NO. The number of benzene rings is 2. The first kappa shape index (κ1) is 14.4. The Morgan fingerprint density at radius 2 is 1.85 bits per heavy atom. The maximum absolute atomic E-state index is 5.66. The second kappa shape index (κ2) is 6.47. The monoisotopic (exact) mass is 269 g/mol. The van der Waals surface area contributed by atoms with E-state index in [1.807, 2.05) is 25.1 Å². The van der Waals surface area contributed by atoms with Crippen LogP contribution in [0.4, 0.5) is 5.69 Å². The molecule has 2 rings (SSSR count). The van der Waals surface area contributed by atoms with Gasteiger partial charge in [0.25, 0.3) is 0 Å². The van der Waals surface area contributed by atoms with Gasteiger partial charge in [0, 0.05) is 6.04 Å². The van der Waals surface area contributed by atoms with Crippen LogP contribution in [0, 0.1) is 13.8 Å². The van der Waals surface area contributed by atoms with Crippen LogP contribution in [0.3, 0.4) is 0 Å². The molecule has 2 heteroatoms. The molecule has 0 aliphatic rings. The predicted molar refractivity (Wildman–Crippen MR) is 85.6 cm³/mol. The number of ether oxygens (including phenoxy) is 1. The highest BCUT2D eigenvalue weighted by molar-refractivity contribution is 5.57. The Balaban J connectivity index is 2.21. The summed E-state index contributed by atoms with van der Waals surface area (Å²) in [6.45, 7) is 9.15. The lowest BCUT2D eigenvalue weighted by Crippen LogP contribution is -2.09. The van der Waals surface area contributed by atoms with Gasteiger partial charge in [-0.25, -0.2) is 0 Å². The van der Waals surface area contributed by atoms with Crippen molar-refractivity contribution in [1.82, 2.24) is 0 Å². The topological polar surface area (TPSA) is 21.3 Å². The van der Waals surface area contributed by atoms with Crippen LogP contribution in [0.2, 0.25) is 0 Å². The van der Waals surface area contributed by atoms with E-state index in [1.165, 1.54) is 16.7 Å². The molecule has 1 atom stereocenters. The van der Waals surface area contributed by atoms with Gasteiger partial charge in [0.2, 0.25) is 0 Å². The number of hydrogen-bond donors (Lipinski definition) is 1. The Morgan fingerprint density at radius 3 is 2.55 bits per heavy atom. The molecule has 0 aliphatic carbocycles. The van der Waals surface area contributed by atoms with Crippen LogP contribution in [0.15, 0.2) is 42.5 Å². The van der Waals surface area contributed by atoms with Crippen LogP contribution < -0.4 is 10.1 Å². The molecular weight excluding hydrogens is 246 g/mol. The van der Waals surface area contributed by atoms with Crippen molar-refractivity contribution in [2.75, 3.05) is 11.9 Å². The SMILES string of the molecule is CCOc1ccccc1NC(C)c1ccc(C)cc1C. The number of para-hydroxylation sites is 2. The minimum Gasteiger partial charge on any atom is -0.492 e. The molecule has 0 saturated carbocycles. The Morgan fingerprint density at radius 1 is 1.10 bits per heavy atom. The molecule has 0 radical (unpaired) electrons. The minimum absolute atomic E-state index is 0.247. The zero-order valence-corrected chi connectivity index (χ0v) is 12.7. The first-order valence-corrected chi connectivity index (χ1v) is 7.17. The van der Waals surface area contributed by atoms with Crippen LogP contribution in [-0.2, 0) is 0 Å². The van der Waals surface area contributed by atoms with Gasteiger partial charge in [-0.2, -0.15) is 0 Å². The van der Waals surface area contributed by atoms with E-state index >= 15 is 0 Å². The second-order valence-corrected chi connectivity index (χ2v) is 5.16. The molecule has 0 amide bonds. The highest BCUT2D eigenvalue weighted by Crippen LogP contribution is 2.29. The molecule has 0 fully saturated rings. The van der Waals surface area contributed by atoms with E-state index in [0.29, 0.717) is 6.61 Å². The number of nitrogens with one attached hydrogen (secondary N) is 1. The first-order valence-electron chi connectivity index (χ1n) is 7.17. The van der Waals surface area contributed by atoms with Crippen LogP contribution in [-0.4, -0.2) is 6.61 Å². The van der Waals surface area contributed by atoms with Gasteiger partial charge < -0.3 is 10.1 Å². The summed E-state index contributed by atoms with van der Waals surface area (Å²) in [6.07, 6.45) is 0. The Labute approximate surface area is 121 Å². The van der Waals surface area contributed by atoms with Crippen molar-refractivity contribution in [3.05, 3.63) is 59.2 Å². The maximum Gasteiger partial charge on any atom is 0.142 e. The van der Waals surface area contributed by atoms with E-state index in [2.05, 4.69) is 50.4 Å². The fourth-order valence-electron chi connectivity index (χ4n) is 2.49. The third-order valence-electron chi connectivity index (χ3n) is 3.45. The van der Waals surface area contributed by atoms with E-state index in [9.17, 15) is 0 Å². The Kier molecular flexibility index (Phi) is 4.67. The van der Waals surface area contributed by atoms with E-state index in [0.717, 1.165) is 11.4 Å². The Hall–Kier alpha value is -1.96. The molecule has 2 aromatic carbocycles. The van der Waals surface area contributed by atoms with Gasteiger partial charge in [-0.3, -0.25) is 0 Å². The van der Waals surface area contributed by atoms with Gasteiger partial charge in [0.15, 0.2) is 0 Å². The molecule has 2 aromatic rings. The first-order chi connectivity index (χ1) is 9.61. The number of aryl methyl sites for hydroxylation is 2. The summed E-state index contributed by atoms with van der Waals surface area (Å²) in [6, 6.07) is 14.9. The van der Waals surface area contributed by atoms with Gasteiger partial charge in [-0.05, 0) is 51.0 Å². The summed E-state index contributed by atoms with van der Waals surface area (Å²) in [5.41, 5.74) is 4.98. The third-order valence-corrected chi connectivity index (χ3v) is 3.45. The van der Waals surface area contributed by atoms with Crippen molar-refractivity contribution in [3.8, 4) is 5.75 Å². The summed E-state index contributed by atoms with van der Waals surface area (Å²) in [5.74, 6) is 0.909. The molecule has 0 spiro atoms. The molecule has 0 saturated heterocycles. The average Bonchev–Trinajstić information content (AvgIpc) is 2.41. The molecule has 106 valence electrons. The molecule has 2 nitrogen and oxygen atoms in total. The molecule has 1 N–H and O–H groups in total. The van der Waals surface area contributed by atoms with Crippen LogP contribution >= 0.6 is 0 Å². The molecule has 0 bridgehead atoms. The van der Waals surface area contributed by atoms with E-state index in [1.54, 1.807) is 0 Å². The summed E-state index contributed by atoms with van der Waals surface area (Å²) < 4.78 is 5.66. The second-order valence-electron chi connectivity index (χ2n) is 5.16. The molecule has 0 aromatic heterocycles. The highest BCUT2D eigenvalue weighted by atomic mass is 16.5. The van der Waals surface area contributed by atoms with Crippen LogP contribution in [0.5, 0.6) is 5.75 Å². The summed E-state index contributed by atoms with van der Waals surface area (Å²) in [4.78, 5) is 0. The average molecular weight is 269 g/mol. The Bertz CT molecular complexity index is 577. The van der Waals surface area contributed by atoms with E-state index in [-0.39, 0.29) is 6.04 Å². The smallest absolute Gasteiger partial charge is 0.142 e. The van der Waals surface area contributed by atoms with Crippen molar-refractivity contribution in [3.63, 3.8) is 0 Å². The summed E-state index contributed by atoms with van der Waals surface area (Å²) in [7, 11) is 0. The number of hydrogen-bond acceptors (Lipinski definition) is 2. The quantitative estimate of drug-likeness (QED) is 0.835. The number of rotatable bonds is 5. The van der Waals surface area contributed by atoms with E-state index < -0.39 is 0 Å². The fraction of sp³-hybridized carbons (Fsp3) is 0.333. The van der Waals surface area contributed by atoms with Gasteiger partial charge in [0.1, 0.15) is 5.75 Å². The standard InChI is InChI=1S/C18H23NO/c1-5-20-18-9-7-6-8-17(18)19-15(4)16-11-10-13(2)12-14(16)3/h6-12,15,19H,5H2,1-4H3. The number of anilines is 1. The van der Waals surface area contributed by atoms with Gasteiger partial charge in [-0.15, -0.1) is 0 Å². The molecule has 0 aliphatic heterocycles. The van der Waals surface area contributed by atoms with Gasteiger partial charge in [0.05, 0.1) is 12.3 Å². The lowest BCUT2D eigenvalue weighted by molar-refractivity contribution is 0.341. The normalized spacial score (nSPS) is 12.0. The van der Waals surface area contributed by atoms with Gasteiger partial charge in [-0.1, -0.05) is 35.9 Å². The lowest BCUT2D eigenvalue weighted by Gasteiger charge is -2.20. The third kappa shape index (κ3) is 3.32. The van der Waals surface area contributed by atoms with Crippen molar-refractivity contribution in [1.29, 1.82) is 0 Å². The maximum atomic E-state index is 5.66. The molecule has 1 unspecified atom stereocenters. The van der Waals surface area contributed by atoms with Crippen molar-refractivity contribution in [2.45, 2.75) is 33.7 Å². The van der Waals surface area contributed by atoms with Crippen LogP contribution in [0.25, 0.3) is 0 Å². The lowest BCUT2D eigenvalue weighted by atomic mass is 10.00. The fourth-order valence-corrected chi connectivity index (χ4v) is 2.49. The zero-order chi connectivity index (χ0) is 14.5.